The molecule has 0 aromatic heterocycles. The van der Waals surface area contributed by atoms with E-state index in [0.29, 0.717) is 12.2 Å². The number of ether oxygens (including phenoxy) is 1. The molecule has 0 aliphatic rings. The Kier molecular flexibility index (Phi) is 5.66. The fraction of sp³-hybridized carbons (Fsp3) is 0.176. The molecule has 3 nitrogen and oxygen atoms in total. The Balaban J connectivity index is 3.04. The highest BCUT2D eigenvalue weighted by atomic mass is 16.5. The van der Waals surface area contributed by atoms with Crippen molar-refractivity contribution < 1.29 is 14.3 Å². The van der Waals surface area contributed by atoms with Crippen molar-refractivity contribution >= 4 is 23.9 Å². The van der Waals surface area contributed by atoms with E-state index < -0.39 is 5.97 Å². The fourth-order valence-corrected chi connectivity index (χ4v) is 1.79. The molecule has 0 unspecified atom stereocenters. The summed E-state index contributed by atoms with van der Waals surface area (Å²) in [5, 5.41) is 0. The lowest BCUT2D eigenvalue weighted by atomic mass is 10.0. The molecule has 1 rings (SSSR count). The van der Waals surface area contributed by atoms with Gasteiger partial charge in [-0.05, 0) is 37.1 Å². The van der Waals surface area contributed by atoms with Crippen molar-refractivity contribution in [2.24, 2.45) is 0 Å². The Bertz CT molecular complexity index is 580. The third-order valence-electron chi connectivity index (χ3n) is 2.59. The quantitative estimate of drug-likeness (QED) is 0.448. The Morgan fingerprint density at radius 1 is 1.20 bits per heavy atom. The summed E-state index contributed by atoms with van der Waals surface area (Å²) in [6.07, 6.45) is 5.14. The zero-order chi connectivity index (χ0) is 15.1. The normalized spacial score (nSPS) is 10.8. The minimum Gasteiger partial charge on any atom is -0.423 e. The van der Waals surface area contributed by atoms with Gasteiger partial charge in [-0.15, -0.1) is 0 Å². The van der Waals surface area contributed by atoms with Crippen LogP contribution in [0.3, 0.4) is 0 Å². The molecule has 0 N–H and O–H groups in total. The van der Waals surface area contributed by atoms with Gasteiger partial charge in [0.25, 0.3) is 0 Å². The SMILES string of the molecule is C=CC(=O)Oc1ccc(/C=C(\C)CC(C)=O)c(C=C)c1. The van der Waals surface area contributed by atoms with Crippen LogP contribution in [0.4, 0.5) is 0 Å². The number of benzene rings is 1. The van der Waals surface area contributed by atoms with Crippen LogP contribution in [0, 0.1) is 0 Å². The Morgan fingerprint density at radius 2 is 1.90 bits per heavy atom. The fourth-order valence-electron chi connectivity index (χ4n) is 1.79. The van der Waals surface area contributed by atoms with Gasteiger partial charge in [0, 0.05) is 12.5 Å². The second-order valence-corrected chi connectivity index (χ2v) is 4.49. The van der Waals surface area contributed by atoms with Crippen LogP contribution in [0.15, 0.2) is 43.0 Å². The lowest BCUT2D eigenvalue weighted by Crippen LogP contribution is -2.03. The van der Waals surface area contributed by atoms with E-state index in [1.165, 1.54) is 0 Å². The highest BCUT2D eigenvalue weighted by Crippen LogP contribution is 2.22. The molecule has 0 saturated carbocycles. The standard InChI is InChI=1S/C17H18O3/c1-5-14-11-16(20-17(19)6-2)8-7-15(14)10-12(3)9-13(4)18/h5-8,10-11H,1-2,9H2,3-4H3/b12-10+. The maximum atomic E-state index is 11.1. The molecule has 3 heteroatoms. The molecule has 0 radical (unpaired) electrons. The van der Waals surface area contributed by atoms with E-state index in [-0.39, 0.29) is 5.78 Å². The number of rotatable bonds is 6. The second kappa shape index (κ2) is 7.24. The first-order chi connectivity index (χ1) is 9.46. The van der Waals surface area contributed by atoms with Gasteiger partial charge in [-0.25, -0.2) is 4.79 Å². The minimum atomic E-state index is -0.504. The van der Waals surface area contributed by atoms with Crippen molar-refractivity contribution in [3.8, 4) is 5.75 Å². The number of ketones is 1. The number of carbonyl (C=O) groups excluding carboxylic acids is 2. The van der Waals surface area contributed by atoms with E-state index in [9.17, 15) is 9.59 Å². The first kappa shape index (κ1) is 15.6. The summed E-state index contributed by atoms with van der Waals surface area (Å²) in [5.41, 5.74) is 2.73. The van der Waals surface area contributed by atoms with Gasteiger partial charge in [0.1, 0.15) is 11.5 Å². The molecule has 104 valence electrons. The summed E-state index contributed by atoms with van der Waals surface area (Å²) in [7, 11) is 0. The van der Waals surface area contributed by atoms with E-state index in [1.54, 1.807) is 25.1 Å². The summed E-state index contributed by atoms with van der Waals surface area (Å²) in [6, 6.07) is 5.24. The van der Waals surface area contributed by atoms with Gasteiger partial charge in [-0.2, -0.15) is 0 Å². The minimum absolute atomic E-state index is 0.121. The molecule has 1 aromatic rings. The van der Waals surface area contributed by atoms with Gasteiger partial charge in [0.05, 0.1) is 0 Å². The first-order valence-corrected chi connectivity index (χ1v) is 6.23. The van der Waals surface area contributed by atoms with Crippen LogP contribution in [-0.2, 0) is 9.59 Å². The molecule has 0 aliphatic carbocycles. The third-order valence-corrected chi connectivity index (χ3v) is 2.59. The van der Waals surface area contributed by atoms with Crippen LogP contribution in [0.2, 0.25) is 0 Å². The van der Waals surface area contributed by atoms with Gasteiger partial charge < -0.3 is 4.74 Å². The van der Waals surface area contributed by atoms with Crippen LogP contribution >= 0.6 is 0 Å². The molecular formula is C17H18O3. The largest absolute Gasteiger partial charge is 0.423 e. The highest BCUT2D eigenvalue weighted by molar-refractivity contribution is 5.84. The van der Waals surface area contributed by atoms with E-state index in [0.717, 1.165) is 22.8 Å². The third kappa shape index (κ3) is 4.69. The molecule has 0 amide bonds. The van der Waals surface area contributed by atoms with Crippen LogP contribution in [0.1, 0.15) is 31.4 Å². The zero-order valence-corrected chi connectivity index (χ0v) is 11.8. The van der Waals surface area contributed by atoms with Crippen LogP contribution in [-0.4, -0.2) is 11.8 Å². The maximum Gasteiger partial charge on any atom is 0.335 e. The van der Waals surface area contributed by atoms with Crippen molar-refractivity contribution in [2.75, 3.05) is 0 Å². The summed E-state index contributed by atoms with van der Waals surface area (Å²) >= 11 is 0. The molecule has 0 fully saturated rings. The topological polar surface area (TPSA) is 43.4 Å². The van der Waals surface area contributed by atoms with E-state index in [2.05, 4.69) is 13.2 Å². The smallest absolute Gasteiger partial charge is 0.335 e. The molecule has 20 heavy (non-hydrogen) atoms. The molecular weight excluding hydrogens is 252 g/mol. The summed E-state index contributed by atoms with van der Waals surface area (Å²) in [5.74, 6) is 0.0534. The number of Topliss-reactive ketones (excluding diaryl/α,β-unsaturated/α-hetero) is 1. The van der Waals surface area contributed by atoms with Gasteiger partial charge in [0.15, 0.2) is 0 Å². The molecule has 0 spiro atoms. The van der Waals surface area contributed by atoms with Crippen molar-refractivity contribution in [2.45, 2.75) is 20.3 Å². The van der Waals surface area contributed by atoms with Crippen LogP contribution < -0.4 is 4.74 Å². The van der Waals surface area contributed by atoms with Gasteiger partial charge in [-0.3, -0.25) is 4.79 Å². The van der Waals surface area contributed by atoms with Gasteiger partial charge in [-0.1, -0.05) is 36.9 Å². The zero-order valence-electron chi connectivity index (χ0n) is 11.8. The summed E-state index contributed by atoms with van der Waals surface area (Å²) < 4.78 is 5.05. The van der Waals surface area contributed by atoms with E-state index >= 15 is 0 Å². The van der Waals surface area contributed by atoms with Crippen molar-refractivity contribution in [3.05, 3.63) is 54.1 Å². The molecule has 0 saturated heterocycles. The predicted molar refractivity (Wildman–Crippen MR) is 81.3 cm³/mol. The highest BCUT2D eigenvalue weighted by Gasteiger charge is 2.04. The van der Waals surface area contributed by atoms with Gasteiger partial charge >= 0.3 is 5.97 Å². The van der Waals surface area contributed by atoms with Crippen molar-refractivity contribution in [1.82, 2.24) is 0 Å². The average Bonchev–Trinajstić information content (AvgIpc) is 2.39. The molecule has 0 heterocycles. The van der Waals surface area contributed by atoms with Gasteiger partial charge in [0.2, 0.25) is 0 Å². The van der Waals surface area contributed by atoms with E-state index in [1.807, 2.05) is 19.1 Å². The summed E-state index contributed by atoms with van der Waals surface area (Å²) in [4.78, 5) is 22.2. The predicted octanol–water partition coefficient (Wildman–Crippen LogP) is 3.80. The Morgan fingerprint density at radius 3 is 2.45 bits per heavy atom. The maximum absolute atomic E-state index is 11.1. The Labute approximate surface area is 119 Å². The molecule has 0 atom stereocenters. The van der Waals surface area contributed by atoms with Crippen molar-refractivity contribution in [1.29, 1.82) is 0 Å². The molecule has 1 aromatic carbocycles. The van der Waals surface area contributed by atoms with Crippen molar-refractivity contribution in [3.63, 3.8) is 0 Å². The number of allylic oxidation sites excluding steroid dienone is 1. The van der Waals surface area contributed by atoms with E-state index in [4.69, 9.17) is 4.74 Å². The lowest BCUT2D eigenvalue weighted by molar-refractivity contribution is -0.129. The molecule has 0 bridgehead atoms. The molecule has 0 aliphatic heterocycles. The van der Waals surface area contributed by atoms with Crippen LogP contribution in [0.5, 0.6) is 5.75 Å². The lowest BCUT2D eigenvalue weighted by Gasteiger charge is -2.07. The Hall–Kier alpha value is -2.42. The number of carbonyl (C=O) groups is 2. The van der Waals surface area contributed by atoms with Crippen LogP contribution in [0.25, 0.3) is 12.2 Å². The number of hydrogen-bond acceptors (Lipinski definition) is 3. The first-order valence-electron chi connectivity index (χ1n) is 6.23. The number of hydrogen-bond donors (Lipinski definition) is 0. The second-order valence-electron chi connectivity index (χ2n) is 4.49. The monoisotopic (exact) mass is 270 g/mol. The average molecular weight is 270 g/mol. The summed E-state index contributed by atoms with van der Waals surface area (Å²) in [6.45, 7) is 10.6. The number of esters is 1.